The molecule has 0 spiro atoms. The molecule has 1 heterocycles. The largest absolute Gasteiger partial charge is 0.358 e. The minimum atomic E-state index is -0.251. The van der Waals surface area contributed by atoms with Crippen LogP contribution in [0, 0.1) is 0 Å². The fourth-order valence-electron chi connectivity index (χ4n) is 1.58. The molecule has 0 fully saturated rings. The van der Waals surface area contributed by atoms with Gasteiger partial charge in [0, 0.05) is 16.2 Å². The lowest BCUT2D eigenvalue weighted by molar-refractivity contribution is -0.115. The van der Waals surface area contributed by atoms with Crippen LogP contribution in [0.3, 0.4) is 0 Å². The second kappa shape index (κ2) is 7.94. The summed E-state index contributed by atoms with van der Waals surface area (Å²) < 4.78 is 1.71. The molecule has 2 aromatic rings. The number of carbonyl (C=O) groups excluding carboxylic acids is 1. The van der Waals surface area contributed by atoms with E-state index in [1.54, 1.807) is 0 Å². The quantitative estimate of drug-likeness (QED) is 0.709. The number of hydrogen-bond donors (Lipinski definition) is 2. The third kappa shape index (κ3) is 5.26. The Labute approximate surface area is 146 Å². The number of carbonyl (C=O) groups is 1. The molecule has 1 unspecified atom stereocenters. The van der Waals surface area contributed by atoms with E-state index in [9.17, 15) is 4.79 Å². The van der Waals surface area contributed by atoms with Gasteiger partial charge < -0.3 is 10.6 Å². The topological polar surface area (TPSA) is 66.9 Å². The van der Waals surface area contributed by atoms with Gasteiger partial charge in [0.15, 0.2) is 4.34 Å². The standard InChI is InChI=1S/C14H17BrN4OS2/c1-8(2)16-13-18-19-14(22-13)21-9(3)12(20)17-11-6-4-5-10(15)7-11/h4-9H,1-3H3,(H,16,18)(H,17,20). The van der Waals surface area contributed by atoms with Crippen LogP contribution in [0.2, 0.25) is 0 Å². The maximum atomic E-state index is 12.2. The van der Waals surface area contributed by atoms with Gasteiger partial charge in [-0.1, -0.05) is 45.1 Å². The highest BCUT2D eigenvalue weighted by Gasteiger charge is 2.17. The molecule has 1 aromatic heterocycles. The molecule has 1 amide bonds. The zero-order chi connectivity index (χ0) is 16.1. The molecule has 0 saturated heterocycles. The summed E-state index contributed by atoms with van der Waals surface area (Å²) in [6, 6.07) is 7.83. The third-order valence-corrected chi connectivity index (χ3v) is 5.09. The van der Waals surface area contributed by atoms with Crippen LogP contribution in [0.4, 0.5) is 10.8 Å². The SMILES string of the molecule is CC(C)Nc1nnc(SC(C)C(=O)Nc2cccc(Br)c2)s1. The number of nitrogens with zero attached hydrogens (tertiary/aromatic N) is 2. The van der Waals surface area contributed by atoms with Crippen LogP contribution in [-0.2, 0) is 4.79 Å². The average molecular weight is 401 g/mol. The number of aromatic nitrogens is 2. The summed E-state index contributed by atoms with van der Waals surface area (Å²) in [6.45, 7) is 5.94. The Kier molecular flexibility index (Phi) is 6.22. The summed E-state index contributed by atoms with van der Waals surface area (Å²) in [5, 5.41) is 14.8. The predicted molar refractivity (Wildman–Crippen MR) is 96.8 cm³/mol. The molecule has 118 valence electrons. The van der Waals surface area contributed by atoms with Crippen molar-refractivity contribution in [2.45, 2.75) is 36.4 Å². The lowest BCUT2D eigenvalue weighted by atomic mass is 10.3. The van der Waals surface area contributed by atoms with E-state index in [1.807, 2.05) is 45.0 Å². The molecule has 1 atom stereocenters. The van der Waals surface area contributed by atoms with E-state index >= 15 is 0 Å². The van der Waals surface area contributed by atoms with Crippen molar-refractivity contribution in [3.05, 3.63) is 28.7 Å². The van der Waals surface area contributed by atoms with Gasteiger partial charge >= 0.3 is 0 Å². The van der Waals surface area contributed by atoms with Crippen molar-refractivity contribution in [3.63, 3.8) is 0 Å². The van der Waals surface area contributed by atoms with Crippen LogP contribution in [0.5, 0.6) is 0 Å². The summed E-state index contributed by atoms with van der Waals surface area (Å²) in [5.74, 6) is -0.0586. The Hall–Kier alpha value is -1.12. The average Bonchev–Trinajstić information content (AvgIpc) is 2.85. The Morgan fingerprint density at radius 2 is 2.09 bits per heavy atom. The van der Waals surface area contributed by atoms with Crippen molar-refractivity contribution in [2.24, 2.45) is 0 Å². The maximum absolute atomic E-state index is 12.2. The first-order valence-electron chi connectivity index (χ1n) is 6.77. The fourth-order valence-corrected chi connectivity index (χ4v) is 4.02. The second-order valence-electron chi connectivity index (χ2n) is 4.93. The minimum Gasteiger partial charge on any atom is -0.358 e. The second-order valence-corrected chi connectivity index (χ2v) is 8.41. The van der Waals surface area contributed by atoms with E-state index in [1.165, 1.54) is 23.1 Å². The number of thioether (sulfide) groups is 1. The monoisotopic (exact) mass is 400 g/mol. The summed E-state index contributed by atoms with van der Waals surface area (Å²) in [5.41, 5.74) is 0.770. The van der Waals surface area contributed by atoms with E-state index in [0.717, 1.165) is 19.6 Å². The summed E-state index contributed by atoms with van der Waals surface area (Å²) >= 11 is 6.25. The van der Waals surface area contributed by atoms with Gasteiger partial charge in [-0.25, -0.2) is 0 Å². The van der Waals surface area contributed by atoms with E-state index in [0.29, 0.717) is 6.04 Å². The van der Waals surface area contributed by atoms with E-state index in [4.69, 9.17) is 0 Å². The lowest BCUT2D eigenvalue weighted by Gasteiger charge is -2.10. The van der Waals surface area contributed by atoms with Gasteiger partial charge in [0.25, 0.3) is 0 Å². The van der Waals surface area contributed by atoms with Crippen LogP contribution in [0.25, 0.3) is 0 Å². The predicted octanol–water partition coefficient (Wildman–Crippen LogP) is 4.24. The van der Waals surface area contributed by atoms with Crippen molar-refractivity contribution in [2.75, 3.05) is 10.6 Å². The van der Waals surface area contributed by atoms with E-state index < -0.39 is 0 Å². The minimum absolute atomic E-state index is 0.0586. The molecule has 0 aliphatic carbocycles. The third-order valence-electron chi connectivity index (χ3n) is 2.56. The lowest BCUT2D eigenvalue weighted by Crippen LogP contribution is -2.22. The molecule has 1 aromatic carbocycles. The molecule has 2 rings (SSSR count). The van der Waals surface area contributed by atoms with Crippen molar-refractivity contribution < 1.29 is 4.79 Å². The molecule has 8 heteroatoms. The van der Waals surface area contributed by atoms with Crippen LogP contribution in [0.1, 0.15) is 20.8 Å². The van der Waals surface area contributed by atoms with Crippen LogP contribution in [0.15, 0.2) is 33.1 Å². The summed E-state index contributed by atoms with van der Waals surface area (Å²) in [7, 11) is 0. The highest BCUT2D eigenvalue weighted by molar-refractivity contribution is 9.10. The molecule has 2 N–H and O–H groups in total. The first-order chi connectivity index (χ1) is 10.4. The zero-order valence-electron chi connectivity index (χ0n) is 12.5. The first kappa shape index (κ1) is 17.2. The Bertz CT molecular complexity index is 647. The number of hydrogen-bond acceptors (Lipinski definition) is 6. The highest BCUT2D eigenvalue weighted by Crippen LogP contribution is 2.29. The molecule has 5 nitrogen and oxygen atoms in total. The van der Waals surface area contributed by atoms with Crippen LogP contribution >= 0.6 is 39.0 Å². The number of anilines is 2. The Morgan fingerprint density at radius 3 is 2.77 bits per heavy atom. The molecule has 0 aliphatic heterocycles. The van der Waals surface area contributed by atoms with Crippen molar-refractivity contribution in [1.82, 2.24) is 10.2 Å². The number of rotatable bonds is 6. The van der Waals surface area contributed by atoms with E-state index in [-0.39, 0.29) is 11.2 Å². The summed E-state index contributed by atoms with van der Waals surface area (Å²) in [4.78, 5) is 12.2. The maximum Gasteiger partial charge on any atom is 0.237 e. The van der Waals surface area contributed by atoms with Gasteiger partial charge in [-0.15, -0.1) is 10.2 Å². The Morgan fingerprint density at radius 1 is 1.32 bits per heavy atom. The first-order valence-corrected chi connectivity index (χ1v) is 9.26. The van der Waals surface area contributed by atoms with Gasteiger partial charge in [0.2, 0.25) is 11.0 Å². The van der Waals surface area contributed by atoms with Gasteiger partial charge in [0.1, 0.15) is 0 Å². The zero-order valence-corrected chi connectivity index (χ0v) is 15.7. The van der Waals surface area contributed by atoms with Crippen LogP contribution in [-0.4, -0.2) is 27.4 Å². The fraction of sp³-hybridized carbons (Fsp3) is 0.357. The highest BCUT2D eigenvalue weighted by atomic mass is 79.9. The van der Waals surface area contributed by atoms with Crippen LogP contribution < -0.4 is 10.6 Å². The smallest absolute Gasteiger partial charge is 0.237 e. The summed E-state index contributed by atoms with van der Waals surface area (Å²) in [6.07, 6.45) is 0. The number of halogens is 1. The molecular formula is C14H17BrN4OS2. The van der Waals surface area contributed by atoms with Gasteiger partial charge in [0.05, 0.1) is 5.25 Å². The number of benzene rings is 1. The molecule has 0 radical (unpaired) electrons. The molecule has 0 bridgehead atoms. The molecular weight excluding hydrogens is 384 g/mol. The molecule has 0 aliphatic rings. The van der Waals surface area contributed by atoms with Gasteiger partial charge in [-0.3, -0.25) is 4.79 Å². The van der Waals surface area contributed by atoms with Crippen molar-refractivity contribution >= 4 is 55.8 Å². The van der Waals surface area contributed by atoms with Crippen molar-refractivity contribution in [3.8, 4) is 0 Å². The van der Waals surface area contributed by atoms with Crippen molar-refractivity contribution in [1.29, 1.82) is 0 Å². The molecule has 0 saturated carbocycles. The Balaban J connectivity index is 1.92. The van der Waals surface area contributed by atoms with Gasteiger partial charge in [-0.05, 0) is 39.0 Å². The number of nitrogens with one attached hydrogen (secondary N) is 2. The normalized spacial score (nSPS) is 12.2. The number of amides is 1. The van der Waals surface area contributed by atoms with E-state index in [2.05, 4.69) is 36.8 Å². The van der Waals surface area contributed by atoms with Gasteiger partial charge in [-0.2, -0.15) is 0 Å². The molecule has 22 heavy (non-hydrogen) atoms.